The van der Waals surface area contributed by atoms with Crippen LogP contribution >= 0.6 is 11.6 Å². The molecule has 9 heteroatoms. The van der Waals surface area contributed by atoms with Crippen molar-refractivity contribution >= 4 is 34.8 Å². The lowest BCUT2D eigenvalue weighted by atomic mass is 10.1. The maximum Gasteiger partial charge on any atom is 0.387 e. The lowest BCUT2D eigenvalue weighted by Gasteiger charge is -2.17. The van der Waals surface area contributed by atoms with Gasteiger partial charge in [0.2, 0.25) is 11.8 Å². The Balaban J connectivity index is 1.68. The summed E-state index contributed by atoms with van der Waals surface area (Å²) in [5.74, 6) is -2.27. The van der Waals surface area contributed by atoms with Gasteiger partial charge < -0.3 is 15.0 Å². The topological polar surface area (TPSA) is 58.6 Å². The predicted octanol–water partition coefficient (Wildman–Crippen LogP) is 4.07. The van der Waals surface area contributed by atoms with Crippen molar-refractivity contribution in [2.75, 3.05) is 16.8 Å². The van der Waals surface area contributed by atoms with Crippen LogP contribution in [0.2, 0.25) is 5.02 Å². The van der Waals surface area contributed by atoms with E-state index >= 15 is 0 Å². The molecule has 1 heterocycles. The fourth-order valence-corrected chi connectivity index (χ4v) is 3.03. The standard InChI is InChI=1S/C18H14ClF3N2O3/c19-12-8-11(5-6-15(12)27-18(21)22)23-17(26)10-7-16(25)24(9-10)14-4-2-1-3-13(14)20/h1-6,8,10,18H,7,9H2,(H,23,26)/t10-/m1/s1. The Morgan fingerprint density at radius 1 is 1.26 bits per heavy atom. The molecule has 3 rings (SSSR count). The molecule has 2 amide bonds. The molecule has 1 aliphatic heterocycles. The van der Waals surface area contributed by atoms with Crippen LogP contribution in [0.25, 0.3) is 0 Å². The zero-order valence-corrected chi connectivity index (χ0v) is 14.6. The van der Waals surface area contributed by atoms with Gasteiger partial charge in [0.25, 0.3) is 0 Å². The lowest BCUT2D eigenvalue weighted by molar-refractivity contribution is -0.122. The zero-order valence-electron chi connectivity index (χ0n) is 13.8. The molecule has 27 heavy (non-hydrogen) atoms. The number of anilines is 2. The molecule has 0 bridgehead atoms. The molecule has 0 aliphatic carbocycles. The van der Waals surface area contributed by atoms with Gasteiger partial charge in [-0.25, -0.2) is 4.39 Å². The lowest BCUT2D eigenvalue weighted by Crippen LogP contribution is -2.28. The van der Waals surface area contributed by atoms with Gasteiger partial charge in [-0.3, -0.25) is 9.59 Å². The minimum atomic E-state index is -3.02. The summed E-state index contributed by atoms with van der Waals surface area (Å²) in [5.41, 5.74) is 0.387. The van der Waals surface area contributed by atoms with Crippen LogP contribution in [0.1, 0.15) is 6.42 Å². The van der Waals surface area contributed by atoms with Crippen molar-refractivity contribution in [3.05, 3.63) is 53.3 Å². The van der Waals surface area contributed by atoms with Gasteiger partial charge in [0.15, 0.2) is 0 Å². The molecule has 2 aromatic rings. The van der Waals surface area contributed by atoms with Crippen LogP contribution in [0.15, 0.2) is 42.5 Å². The number of amides is 2. The second-order valence-corrected chi connectivity index (χ2v) is 6.28. The van der Waals surface area contributed by atoms with E-state index in [1.165, 1.54) is 41.3 Å². The van der Waals surface area contributed by atoms with Crippen LogP contribution in [0.5, 0.6) is 5.75 Å². The smallest absolute Gasteiger partial charge is 0.387 e. The van der Waals surface area contributed by atoms with Crippen LogP contribution in [0.3, 0.4) is 0 Å². The largest absolute Gasteiger partial charge is 0.433 e. The second kappa shape index (κ2) is 7.87. The average molecular weight is 399 g/mol. The Bertz CT molecular complexity index is 879. The molecule has 0 aromatic heterocycles. The molecular weight excluding hydrogens is 385 g/mol. The van der Waals surface area contributed by atoms with E-state index in [9.17, 15) is 22.8 Å². The van der Waals surface area contributed by atoms with E-state index in [4.69, 9.17) is 11.6 Å². The molecule has 0 saturated carbocycles. The molecule has 5 nitrogen and oxygen atoms in total. The maximum absolute atomic E-state index is 13.9. The number of rotatable bonds is 5. The Labute approximate surface area is 157 Å². The molecular formula is C18H14ClF3N2O3. The number of hydrogen-bond donors (Lipinski definition) is 1. The molecule has 1 fully saturated rings. The van der Waals surface area contributed by atoms with E-state index < -0.39 is 24.3 Å². The molecule has 1 aliphatic rings. The molecule has 1 saturated heterocycles. The van der Waals surface area contributed by atoms with Crippen LogP contribution in [0.4, 0.5) is 24.5 Å². The molecule has 2 aromatic carbocycles. The minimum absolute atomic E-state index is 0.0336. The van der Waals surface area contributed by atoms with E-state index in [1.807, 2.05) is 0 Å². The summed E-state index contributed by atoms with van der Waals surface area (Å²) >= 11 is 5.85. The van der Waals surface area contributed by atoms with Crippen molar-refractivity contribution in [2.24, 2.45) is 5.92 Å². The third-order valence-corrected chi connectivity index (χ3v) is 4.35. The van der Waals surface area contributed by atoms with Gasteiger partial charge in [0.1, 0.15) is 11.6 Å². The number of halogens is 4. The number of nitrogens with zero attached hydrogens (tertiary/aromatic N) is 1. The highest BCUT2D eigenvalue weighted by atomic mass is 35.5. The van der Waals surface area contributed by atoms with Crippen molar-refractivity contribution in [3.8, 4) is 5.75 Å². The fourth-order valence-electron chi connectivity index (χ4n) is 2.80. The summed E-state index contributed by atoms with van der Waals surface area (Å²) in [4.78, 5) is 25.8. The van der Waals surface area contributed by atoms with Gasteiger partial charge in [-0.05, 0) is 30.3 Å². The molecule has 142 valence electrons. The Hall–Kier alpha value is -2.74. The molecule has 0 spiro atoms. The SMILES string of the molecule is O=C(Nc1ccc(OC(F)F)c(Cl)c1)[C@@H]1CC(=O)N(c2ccccc2F)C1. The minimum Gasteiger partial charge on any atom is -0.433 e. The molecule has 0 unspecified atom stereocenters. The summed E-state index contributed by atoms with van der Waals surface area (Å²) in [6, 6.07) is 9.64. The fraction of sp³-hybridized carbons (Fsp3) is 0.222. The van der Waals surface area contributed by atoms with Crippen molar-refractivity contribution in [1.82, 2.24) is 0 Å². The van der Waals surface area contributed by atoms with Gasteiger partial charge >= 0.3 is 6.61 Å². The Morgan fingerprint density at radius 3 is 2.67 bits per heavy atom. The summed E-state index contributed by atoms with van der Waals surface area (Å²) in [6.45, 7) is -2.98. The number of alkyl halides is 2. The number of hydrogen-bond acceptors (Lipinski definition) is 3. The highest BCUT2D eigenvalue weighted by molar-refractivity contribution is 6.32. The van der Waals surface area contributed by atoms with E-state index in [0.29, 0.717) is 0 Å². The van der Waals surface area contributed by atoms with Gasteiger partial charge in [0.05, 0.1) is 16.6 Å². The van der Waals surface area contributed by atoms with E-state index in [0.717, 1.165) is 0 Å². The van der Waals surface area contributed by atoms with Gasteiger partial charge in [0, 0.05) is 18.7 Å². The van der Waals surface area contributed by atoms with Crippen LogP contribution in [-0.2, 0) is 9.59 Å². The molecule has 1 atom stereocenters. The number of carbonyl (C=O) groups excluding carboxylic acids is 2. The number of ether oxygens (including phenoxy) is 1. The Kier molecular flexibility index (Phi) is 5.55. The van der Waals surface area contributed by atoms with Crippen LogP contribution < -0.4 is 15.0 Å². The van der Waals surface area contributed by atoms with Crippen molar-refractivity contribution in [3.63, 3.8) is 0 Å². The van der Waals surface area contributed by atoms with E-state index in [-0.39, 0.29) is 41.0 Å². The monoisotopic (exact) mass is 398 g/mol. The second-order valence-electron chi connectivity index (χ2n) is 5.87. The first-order valence-electron chi connectivity index (χ1n) is 7.95. The number of nitrogens with one attached hydrogen (secondary N) is 1. The van der Waals surface area contributed by atoms with Gasteiger partial charge in [-0.15, -0.1) is 0 Å². The predicted molar refractivity (Wildman–Crippen MR) is 93.6 cm³/mol. The quantitative estimate of drug-likeness (QED) is 0.826. The van der Waals surface area contributed by atoms with Gasteiger partial charge in [-0.2, -0.15) is 8.78 Å². The van der Waals surface area contributed by atoms with Crippen molar-refractivity contribution < 1.29 is 27.5 Å². The van der Waals surface area contributed by atoms with Crippen molar-refractivity contribution in [2.45, 2.75) is 13.0 Å². The third-order valence-electron chi connectivity index (χ3n) is 4.05. The highest BCUT2D eigenvalue weighted by Crippen LogP contribution is 2.31. The zero-order chi connectivity index (χ0) is 19.6. The molecule has 0 radical (unpaired) electrons. The highest BCUT2D eigenvalue weighted by Gasteiger charge is 2.36. The van der Waals surface area contributed by atoms with Crippen LogP contribution in [0, 0.1) is 11.7 Å². The summed E-state index contributed by atoms with van der Waals surface area (Å²) < 4.78 is 42.6. The number of benzene rings is 2. The first-order valence-corrected chi connectivity index (χ1v) is 8.33. The Morgan fingerprint density at radius 2 is 2.00 bits per heavy atom. The van der Waals surface area contributed by atoms with Crippen LogP contribution in [-0.4, -0.2) is 25.0 Å². The normalized spacial score (nSPS) is 16.7. The molecule has 1 N–H and O–H groups in total. The third kappa shape index (κ3) is 4.33. The summed E-state index contributed by atoms with van der Waals surface area (Å²) in [5, 5.41) is 2.48. The van der Waals surface area contributed by atoms with E-state index in [1.54, 1.807) is 6.07 Å². The summed E-state index contributed by atoms with van der Waals surface area (Å²) in [6.07, 6.45) is -0.0690. The number of carbonyl (C=O) groups is 2. The number of para-hydroxylation sites is 1. The average Bonchev–Trinajstić information content (AvgIpc) is 2.99. The first-order chi connectivity index (χ1) is 12.8. The van der Waals surface area contributed by atoms with Gasteiger partial charge in [-0.1, -0.05) is 23.7 Å². The van der Waals surface area contributed by atoms with Crippen molar-refractivity contribution in [1.29, 1.82) is 0 Å². The summed E-state index contributed by atoms with van der Waals surface area (Å²) in [7, 11) is 0. The maximum atomic E-state index is 13.9. The first kappa shape index (κ1) is 19.0. The van der Waals surface area contributed by atoms with E-state index in [2.05, 4.69) is 10.1 Å².